The molecule has 1 amide bonds. The number of anilines is 3. The molecule has 1 fully saturated rings. The molecule has 0 bridgehead atoms. The summed E-state index contributed by atoms with van der Waals surface area (Å²) < 4.78 is 40.1. The average molecular weight is 392 g/mol. The number of likely N-dealkylation sites (N-methyl/N-ethyl adjacent to an activating group) is 1. The lowest BCUT2D eigenvalue weighted by Crippen LogP contribution is -2.44. The topological polar surface area (TPSA) is 61.6 Å². The van der Waals surface area contributed by atoms with E-state index >= 15 is 0 Å². The number of carbonyl (C=O) groups is 1. The molecular weight excluding hydrogens is 369 g/mol. The van der Waals surface area contributed by atoms with Crippen LogP contribution in [-0.2, 0) is 6.18 Å². The fraction of sp³-hybridized carbons (Fsp3) is 0.350. The molecule has 0 aliphatic carbocycles. The van der Waals surface area contributed by atoms with Crippen molar-refractivity contribution in [2.75, 3.05) is 49.2 Å². The van der Waals surface area contributed by atoms with Crippen LogP contribution in [0.2, 0.25) is 0 Å². The summed E-state index contributed by atoms with van der Waals surface area (Å²) in [5.74, 6) is -0.504. The molecule has 2 aromatic rings. The Labute approximate surface area is 161 Å². The number of hydrogen-bond acceptors (Lipinski definition) is 4. The molecule has 5 nitrogen and oxygen atoms in total. The molecule has 150 valence electrons. The van der Waals surface area contributed by atoms with Gasteiger partial charge in [-0.25, -0.2) is 0 Å². The minimum atomic E-state index is -4.50. The number of benzene rings is 2. The number of nitrogens with two attached hydrogens (primary N) is 1. The second-order valence-corrected chi connectivity index (χ2v) is 7.08. The Balaban J connectivity index is 1.89. The summed E-state index contributed by atoms with van der Waals surface area (Å²) in [6, 6.07) is 8.47. The maximum absolute atomic E-state index is 13.4. The average Bonchev–Trinajstić information content (AvgIpc) is 2.63. The first-order valence-electron chi connectivity index (χ1n) is 8.97. The normalized spacial score (nSPS) is 15.5. The summed E-state index contributed by atoms with van der Waals surface area (Å²) in [7, 11) is 1.97. The van der Waals surface area contributed by atoms with E-state index in [1.165, 1.54) is 6.07 Å². The largest absolute Gasteiger partial charge is 0.416 e. The third-order valence-corrected chi connectivity index (χ3v) is 4.91. The Morgan fingerprint density at radius 1 is 1.07 bits per heavy atom. The lowest BCUT2D eigenvalue weighted by atomic mass is 10.1. The van der Waals surface area contributed by atoms with Crippen LogP contribution in [0.15, 0.2) is 36.4 Å². The third-order valence-electron chi connectivity index (χ3n) is 4.91. The number of hydrogen-bond donors (Lipinski definition) is 2. The molecule has 8 heteroatoms. The zero-order valence-electron chi connectivity index (χ0n) is 15.8. The smallest absolute Gasteiger partial charge is 0.398 e. The summed E-state index contributed by atoms with van der Waals surface area (Å²) >= 11 is 0. The molecule has 0 atom stereocenters. The Morgan fingerprint density at radius 3 is 2.36 bits per heavy atom. The van der Waals surface area contributed by atoms with Gasteiger partial charge in [0.25, 0.3) is 5.91 Å². The molecule has 1 aliphatic heterocycles. The number of nitrogen functional groups attached to an aromatic ring is 1. The van der Waals surface area contributed by atoms with Gasteiger partial charge in [0.1, 0.15) is 0 Å². The fourth-order valence-corrected chi connectivity index (χ4v) is 3.08. The van der Waals surface area contributed by atoms with Crippen molar-refractivity contribution in [2.24, 2.45) is 0 Å². The van der Waals surface area contributed by atoms with E-state index in [-0.39, 0.29) is 5.69 Å². The molecule has 3 N–H and O–H groups in total. The first-order chi connectivity index (χ1) is 13.1. The van der Waals surface area contributed by atoms with Crippen LogP contribution in [0, 0.1) is 6.92 Å². The highest BCUT2D eigenvalue weighted by molar-refractivity contribution is 6.05. The van der Waals surface area contributed by atoms with Gasteiger partial charge in [0.15, 0.2) is 0 Å². The van der Waals surface area contributed by atoms with E-state index in [0.717, 1.165) is 30.8 Å². The summed E-state index contributed by atoms with van der Waals surface area (Å²) in [5.41, 5.74) is 7.16. The Kier molecular flexibility index (Phi) is 5.51. The monoisotopic (exact) mass is 392 g/mol. The molecule has 0 unspecified atom stereocenters. The van der Waals surface area contributed by atoms with Gasteiger partial charge < -0.3 is 20.9 Å². The SMILES string of the molecule is Cc1ccc(C(=O)Nc2cc(N3CCN(C)CC3)cc(C(F)(F)F)c2)cc1N. The van der Waals surface area contributed by atoms with Crippen LogP contribution in [0.4, 0.5) is 30.2 Å². The van der Waals surface area contributed by atoms with Gasteiger partial charge in [0.05, 0.1) is 5.56 Å². The van der Waals surface area contributed by atoms with E-state index in [9.17, 15) is 18.0 Å². The lowest BCUT2D eigenvalue weighted by Gasteiger charge is -2.34. The van der Waals surface area contributed by atoms with Crippen molar-refractivity contribution < 1.29 is 18.0 Å². The van der Waals surface area contributed by atoms with E-state index in [1.807, 2.05) is 18.9 Å². The van der Waals surface area contributed by atoms with Crippen molar-refractivity contribution in [1.82, 2.24) is 4.90 Å². The molecule has 28 heavy (non-hydrogen) atoms. The van der Waals surface area contributed by atoms with Crippen molar-refractivity contribution in [3.63, 3.8) is 0 Å². The van der Waals surface area contributed by atoms with Gasteiger partial charge in [0, 0.05) is 48.8 Å². The van der Waals surface area contributed by atoms with Crippen molar-refractivity contribution in [1.29, 1.82) is 0 Å². The van der Waals surface area contributed by atoms with Crippen LogP contribution in [0.5, 0.6) is 0 Å². The Bertz CT molecular complexity index is 874. The van der Waals surface area contributed by atoms with Crippen LogP contribution in [0.25, 0.3) is 0 Å². The second-order valence-electron chi connectivity index (χ2n) is 7.08. The van der Waals surface area contributed by atoms with E-state index < -0.39 is 17.6 Å². The summed E-state index contributed by atoms with van der Waals surface area (Å²) in [6.07, 6.45) is -4.50. The zero-order valence-corrected chi connectivity index (χ0v) is 15.8. The lowest BCUT2D eigenvalue weighted by molar-refractivity contribution is -0.137. The molecule has 0 aromatic heterocycles. The number of aryl methyl sites for hydroxylation is 1. The third kappa shape index (κ3) is 4.56. The Hall–Kier alpha value is -2.74. The van der Waals surface area contributed by atoms with Crippen molar-refractivity contribution >= 4 is 23.0 Å². The van der Waals surface area contributed by atoms with E-state index in [4.69, 9.17) is 5.73 Å². The maximum atomic E-state index is 13.4. The highest BCUT2D eigenvalue weighted by Gasteiger charge is 2.32. The number of rotatable bonds is 3. The van der Waals surface area contributed by atoms with Crippen LogP contribution >= 0.6 is 0 Å². The number of alkyl halides is 3. The summed E-state index contributed by atoms with van der Waals surface area (Å²) in [5, 5.41) is 2.57. The van der Waals surface area contributed by atoms with Gasteiger partial charge in [0.2, 0.25) is 0 Å². The van der Waals surface area contributed by atoms with Crippen LogP contribution in [-0.4, -0.2) is 44.0 Å². The highest BCUT2D eigenvalue weighted by Crippen LogP contribution is 2.35. The number of nitrogens with one attached hydrogen (secondary N) is 1. The molecule has 0 saturated carbocycles. The predicted octanol–water partition coefficient (Wildman–Crippen LogP) is 3.60. The van der Waals surface area contributed by atoms with Crippen molar-refractivity contribution in [3.05, 3.63) is 53.1 Å². The van der Waals surface area contributed by atoms with E-state index in [0.29, 0.717) is 30.0 Å². The quantitative estimate of drug-likeness (QED) is 0.784. The second kappa shape index (κ2) is 7.71. The maximum Gasteiger partial charge on any atom is 0.416 e. The highest BCUT2D eigenvalue weighted by atomic mass is 19.4. The van der Waals surface area contributed by atoms with E-state index in [1.54, 1.807) is 18.2 Å². The van der Waals surface area contributed by atoms with Gasteiger partial charge in [-0.3, -0.25) is 4.79 Å². The predicted molar refractivity (Wildman–Crippen MR) is 105 cm³/mol. The van der Waals surface area contributed by atoms with Crippen LogP contribution in [0.1, 0.15) is 21.5 Å². The Morgan fingerprint density at radius 2 is 1.75 bits per heavy atom. The van der Waals surface area contributed by atoms with Crippen molar-refractivity contribution in [3.8, 4) is 0 Å². The molecule has 3 rings (SSSR count). The molecule has 1 aliphatic rings. The standard InChI is InChI=1S/C20H23F3N4O/c1-13-3-4-14(9-18(13)24)19(28)25-16-10-15(20(21,22)23)11-17(12-16)27-7-5-26(2)6-8-27/h3-4,9-12H,5-8,24H2,1-2H3,(H,25,28). The van der Waals surface area contributed by atoms with E-state index in [2.05, 4.69) is 10.2 Å². The van der Waals surface area contributed by atoms with Crippen LogP contribution in [0.3, 0.4) is 0 Å². The molecular formula is C20H23F3N4O. The van der Waals surface area contributed by atoms with Crippen molar-refractivity contribution in [2.45, 2.75) is 13.1 Å². The molecule has 1 saturated heterocycles. The molecule has 0 spiro atoms. The van der Waals surface area contributed by atoms with Gasteiger partial charge >= 0.3 is 6.18 Å². The first kappa shape index (κ1) is 20.0. The van der Waals surface area contributed by atoms with Crippen LogP contribution < -0.4 is 16.0 Å². The minimum Gasteiger partial charge on any atom is -0.398 e. The van der Waals surface area contributed by atoms with Gasteiger partial charge in [-0.2, -0.15) is 13.2 Å². The number of amides is 1. The zero-order chi connectivity index (χ0) is 20.5. The fourth-order valence-electron chi connectivity index (χ4n) is 3.08. The summed E-state index contributed by atoms with van der Waals surface area (Å²) in [4.78, 5) is 16.5. The summed E-state index contributed by atoms with van der Waals surface area (Å²) in [6.45, 7) is 4.59. The first-order valence-corrected chi connectivity index (χ1v) is 8.97. The minimum absolute atomic E-state index is 0.105. The van der Waals surface area contributed by atoms with Gasteiger partial charge in [-0.15, -0.1) is 0 Å². The number of halogens is 3. The molecule has 0 radical (unpaired) electrons. The number of carbonyl (C=O) groups excluding carboxylic acids is 1. The molecule has 2 aromatic carbocycles. The van der Waals surface area contributed by atoms with Gasteiger partial charge in [-0.1, -0.05) is 6.07 Å². The number of nitrogens with zero attached hydrogens (tertiary/aromatic N) is 2. The van der Waals surface area contributed by atoms with Gasteiger partial charge in [-0.05, 0) is 49.9 Å². The number of piperazine rings is 1. The molecule has 1 heterocycles.